The van der Waals surface area contributed by atoms with Crippen LogP contribution in [-0.4, -0.2) is 91.3 Å². The number of para-hydroxylation sites is 2. The van der Waals surface area contributed by atoms with E-state index in [1.807, 2.05) is 43.3 Å². The average Bonchev–Trinajstić information content (AvgIpc) is 3.09. The zero-order valence-corrected chi connectivity index (χ0v) is 27.2. The predicted octanol–water partition coefficient (Wildman–Crippen LogP) is 5.78. The van der Waals surface area contributed by atoms with Crippen molar-refractivity contribution in [3.8, 4) is 11.5 Å². The maximum Gasteiger partial charge on any atom is 0.417 e. The molecule has 0 radical (unpaired) electrons. The first kappa shape index (κ1) is 34.7. The maximum absolute atomic E-state index is 14.8. The van der Waals surface area contributed by atoms with E-state index in [1.54, 1.807) is 30.2 Å². The largest absolute Gasteiger partial charge is 0.489 e. The molecule has 5 rings (SSSR count). The third kappa shape index (κ3) is 7.43. The standard InChI is InChI=1S/C36H41F3N4O5/c1-4-8-32-35(48-27-13-11-26(2)12-14-27,16-7-18-43(32)33(44)28-25-40-17-15-29(28)36(37,38)39)34(45)42-21-19-41(20-22-42)30-9-5-6-10-31(30)47-24-23-46-3/h4-6,9-15,17,25,32H,1,7-8,16,18-24H2,2-3H3. The molecule has 256 valence electrons. The van der Waals surface area contributed by atoms with Gasteiger partial charge in [-0.1, -0.05) is 35.9 Å². The number of halogens is 3. The van der Waals surface area contributed by atoms with E-state index in [1.165, 1.54) is 4.90 Å². The van der Waals surface area contributed by atoms with Gasteiger partial charge in [-0.05, 0) is 50.1 Å². The SMILES string of the molecule is C=CCC1N(C(=O)c2cnccc2C(F)(F)F)CCCC1(Oc1ccc(C)cc1)C(=O)N1CCN(c2ccccc2OCCOC)CC1. The number of carbonyl (C=O) groups excluding carboxylic acids is 2. The number of carbonyl (C=O) groups is 2. The van der Waals surface area contributed by atoms with Crippen LogP contribution in [0.15, 0.2) is 79.6 Å². The molecule has 3 heterocycles. The van der Waals surface area contributed by atoms with Gasteiger partial charge in [-0.25, -0.2) is 0 Å². The lowest BCUT2D eigenvalue weighted by atomic mass is 9.80. The minimum atomic E-state index is -4.77. The van der Waals surface area contributed by atoms with E-state index in [-0.39, 0.29) is 25.3 Å². The lowest BCUT2D eigenvalue weighted by molar-refractivity contribution is -0.159. The van der Waals surface area contributed by atoms with E-state index < -0.39 is 34.9 Å². The fourth-order valence-corrected chi connectivity index (χ4v) is 6.49. The van der Waals surface area contributed by atoms with Crippen molar-refractivity contribution in [3.05, 3.63) is 96.3 Å². The van der Waals surface area contributed by atoms with Crippen LogP contribution in [0.25, 0.3) is 0 Å². The number of anilines is 1. The van der Waals surface area contributed by atoms with Gasteiger partial charge in [-0.3, -0.25) is 14.6 Å². The Kier molecular flexibility index (Phi) is 10.9. The minimum Gasteiger partial charge on any atom is -0.489 e. The van der Waals surface area contributed by atoms with Gasteiger partial charge >= 0.3 is 6.18 Å². The smallest absolute Gasteiger partial charge is 0.417 e. The van der Waals surface area contributed by atoms with Crippen molar-refractivity contribution < 1.29 is 37.0 Å². The Balaban J connectivity index is 1.47. The Morgan fingerprint density at radius 1 is 1.02 bits per heavy atom. The number of methoxy groups -OCH3 is 1. The highest BCUT2D eigenvalue weighted by Gasteiger charge is 2.55. The Morgan fingerprint density at radius 2 is 1.75 bits per heavy atom. The first-order chi connectivity index (χ1) is 23.1. The van der Waals surface area contributed by atoms with Crippen molar-refractivity contribution >= 4 is 17.5 Å². The van der Waals surface area contributed by atoms with Crippen LogP contribution in [0.2, 0.25) is 0 Å². The first-order valence-corrected chi connectivity index (χ1v) is 16.0. The van der Waals surface area contributed by atoms with E-state index in [4.69, 9.17) is 14.2 Å². The molecular weight excluding hydrogens is 625 g/mol. The monoisotopic (exact) mass is 666 g/mol. The Morgan fingerprint density at radius 3 is 2.44 bits per heavy atom. The molecular formula is C36H41F3N4O5. The number of piperidine rings is 1. The minimum absolute atomic E-state index is 0.122. The quantitative estimate of drug-likeness (QED) is 0.190. The second-order valence-electron chi connectivity index (χ2n) is 12.0. The third-order valence-corrected chi connectivity index (χ3v) is 8.87. The number of amides is 2. The molecule has 2 saturated heterocycles. The normalized spacial score (nSPS) is 19.9. The predicted molar refractivity (Wildman–Crippen MR) is 175 cm³/mol. The molecule has 2 aliphatic rings. The van der Waals surface area contributed by atoms with Crippen LogP contribution in [0.3, 0.4) is 0 Å². The molecule has 0 spiro atoms. The summed E-state index contributed by atoms with van der Waals surface area (Å²) < 4.78 is 59.7. The van der Waals surface area contributed by atoms with Crippen molar-refractivity contribution in [3.63, 3.8) is 0 Å². The summed E-state index contributed by atoms with van der Waals surface area (Å²) in [6.45, 7) is 8.53. The van der Waals surface area contributed by atoms with Crippen molar-refractivity contribution in [2.75, 3.05) is 57.9 Å². The fourth-order valence-electron chi connectivity index (χ4n) is 6.49. The van der Waals surface area contributed by atoms with Crippen LogP contribution in [0.5, 0.6) is 11.5 Å². The van der Waals surface area contributed by atoms with Gasteiger partial charge in [0.1, 0.15) is 18.1 Å². The summed E-state index contributed by atoms with van der Waals surface area (Å²) in [5.41, 5.74) is -1.34. The summed E-state index contributed by atoms with van der Waals surface area (Å²) in [6.07, 6.45) is -0.529. The molecule has 0 aliphatic carbocycles. The number of benzene rings is 2. The number of aryl methyl sites for hydroxylation is 1. The first-order valence-electron chi connectivity index (χ1n) is 16.0. The van der Waals surface area contributed by atoms with Gasteiger partial charge in [0.15, 0.2) is 0 Å². The van der Waals surface area contributed by atoms with E-state index in [0.29, 0.717) is 51.6 Å². The van der Waals surface area contributed by atoms with Crippen LogP contribution in [-0.2, 0) is 15.7 Å². The van der Waals surface area contributed by atoms with Gasteiger partial charge in [-0.2, -0.15) is 13.2 Å². The summed E-state index contributed by atoms with van der Waals surface area (Å²) in [5.74, 6) is -0.0365. The lowest BCUT2D eigenvalue weighted by Gasteiger charge is -2.50. The summed E-state index contributed by atoms with van der Waals surface area (Å²) in [6, 6.07) is 14.8. The van der Waals surface area contributed by atoms with Gasteiger partial charge in [0.05, 0.1) is 29.5 Å². The van der Waals surface area contributed by atoms with E-state index in [9.17, 15) is 22.8 Å². The number of hydrogen-bond donors (Lipinski definition) is 0. The molecule has 3 aromatic rings. The topological polar surface area (TPSA) is 84.4 Å². The van der Waals surface area contributed by atoms with Gasteiger partial charge < -0.3 is 28.9 Å². The summed E-state index contributed by atoms with van der Waals surface area (Å²) in [5, 5.41) is 0. The summed E-state index contributed by atoms with van der Waals surface area (Å²) in [7, 11) is 1.61. The number of rotatable bonds is 11. The number of alkyl halides is 3. The molecule has 0 bridgehead atoms. The number of aromatic nitrogens is 1. The second-order valence-corrected chi connectivity index (χ2v) is 12.0. The molecule has 2 aromatic carbocycles. The highest BCUT2D eigenvalue weighted by molar-refractivity contribution is 5.97. The number of piperazine rings is 1. The van der Waals surface area contributed by atoms with Crippen molar-refractivity contribution in [2.24, 2.45) is 0 Å². The molecule has 2 amide bonds. The van der Waals surface area contributed by atoms with E-state index in [2.05, 4.69) is 16.5 Å². The summed E-state index contributed by atoms with van der Waals surface area (Å²) in [4.78, 5) is 37.9. The van der Waals surface area contributed by atoms with Gasteiger partial charge in [0.2, 0.25) is 5.60 Å². The number of ether oxygens (including phenoxy) is 3. The molecule has 0 N–H and O–H groups in total. The van der Waals surface area contributed by atoms with Crippen molar-refractivity contribution in [1.29, 1.82) is 0 Å². The van der Waals surface area contributed by atoms with Crippen LogP contribution in [0.4, 0.5) is 18.9 Å². The molecule has 48 heavy (non-hydrogen) atoms. The zero-order valence-electron chi connectivity index (χ0n) is 27.2. The number of pyridine rings is 1. The molecule has 2 aliphatic heterocycles. The molecule has 2 unspecified atom stereocenters. The molecule has 12 heteroatoms. The van der Waals surface area contributed by atoms with Crippen molar-refractivity contribution in [1.82, 2.24) is 14.8 Å². The number of likely N-dealkylation sites (tertiary alicyclic amines) is 1. The molecule has 2 fully saturated rings. The lowest BCUT2D eigenvalue weighted by Crippen LogP contribution is -2.69. The highest BCUT2D eigenvalue weighted by atomic mass is 19.4. The molecule has 1 aromatic heterocycles. The fraction of sp³-hybridized carbons (Fsp3) is 0.417. The number of hydrogen-bond acceptors (Lipinski definition) is 7. The molecule has 0 saturated carbocycles. The van der Waals surface area contributed by atoms with Gasteiger partial charge in [0.25, 0.3) is 11.8 Å². The average molecular weight is 667 g/mol. The summed E-state index contributed by atoms with van der Waals surface area (Å²) >= 11 is 0. The van der Waals surface area contributed by atoms with Gasteiger partial charge in [-0.15, -0.1) is 6.58 Å². The molecule has 2 atom stereocenters. The highest BCUT2D eigenvalue weighted by Crippen LogP contribution is 2.40. The van der Waals surface area contributed by atoms with Crippen molar-refractivity contribution in [2.45, 2.75) is 44.0 Å². The van der Waals surface area contributed by atoms with Crippen LogP contribution < -0.4 is 14.4 Å². The van der Waals surface area contributed by atoms with Crippen LogP contribution in [0.1, 0.15) is 40.7 Å². The third-order valence-electron chi connectivity index (χ3n) is 8.87. The second kappa shape index (κ2) is 15.1. The maximum atomic E-state index is 14.8. The number of nitrogens with zero attached hydrogens (tertiary/aromatic N) is 4. The Labute approximate surface area is 278 Å². The zero-order chi connectivity index (χ0) is 34.3. The van der Waals surface area contributed by atoms with E-state index >= 15 is 0 Å². The van der Waals surface area contributed by atoms with E-state index in [0.717, 1.165) is 35.5 Å². The Hall–Kier alpha value is -4.58. The van der Waals surface area contributed by atoms with Crippen LogP contribution >= 0.6 is 0 Å². The van der Waals surface area contributed by atoms with Crippen LogP contribution in [0, 0.1) is 6.92 Å². The van der Waals surface area contributed by atoms with Gasteiger partial charge in [0, 0.05) is 58.6 Å². The Bertz CT molecular complexity index is 1580. The molecule has 9 nitrogen and oxygen atoms in total.